The third-order valence-corrected chi connectivity index (χ3v) is 7.37. The number of nitrogens with one attached hydrogen (secondary N) is 1. The summed E-state index contributed by atoms with van der Waals surface area (Å²) in [6.45, 7) is 7.94. The summed E-state index contributed by atoms with van der Waals surface area (Å²) in [6.07, 6.45) is 0.346. The van der Waals surface area contributed by atoms with Crippen LogP contribution >= 0.6 is 39.1 Å². The van der Waals surface area contributed by atoms with E-state index in [1.165, 1.54) is 0 Å². The van der Waals surface area contributed by atoms with Crippen molar-refractivity contribution < 1.29 is 14.3 Å². The number of hydrogen-bond acceptors (Lipinski definition) is 3. The highest BCUT2D eigenvalue weighted by Crippen LogP contribution is 2.29. The SMILES string of the molecule is CC(C)NC(=O)[C@@H](Cc1ccccc1)N(Cc1ccc(Cl)c(Cl)c1)C(=O)COc1ccc(C(C)C)cc1Br. The van der Waals surface area contributed by atoms with Gasteiger partial charge in [0, 0.05) is 19.0 Å². The molecular formula is C30H33BrCl2N2O3. The fourth-order valence-corrected chi connectivity index (χ4v) is 4.82. The van der Waals surface area contributed by atoms with E-state index in [1.54, 1.807) is 23.1 Å². The van der Waals surface area contributed by atoms with Gasteiger partial charge in [0.2, 0.25) is 5.91 Å². The van der Waals surface area contributed by atoms with E-state index in [0.29, 0.717) is 28.1 Å². The molecule has 0 radical (unpaired) electrons. The molecule has 1 atom stereocenters. The molecule has 3 aromatic carbocycles. The number of halogens is 3. The topological polar surface area (TPSA) is 58.6 Å². The van der Waals surface area contributed by atoms with Crippen LogP contribution in [0.5, 0.6) is 5.75 Å². The van der Waals surface area contributed by atoms with Gasteiger partial charge in [0.25, 0.3) is 5.91 Å². The van der Waals surface area contributed by atoms with E-state index in [4.69, 9.17) is 27.9 Å². The average Bonchev–Trinajstić information content (AvgIpc) is 2.87. The van der Waals surface area contributed by atoms with Crippen molar-refractivity contribution in [3.63, 3.8) is 0 Å². The minimum Gasteiger partial charge on any atom is -0.483 e. The third-order valence-electron chi connectivity index (χ3n) is 6.01. The Morgan fingerprint density at radius 1 is 0.921 bits per heavy atom. The molecule has 0 spiro atoms. The highest BCUT2D eigenvalue weighted by Gasteiger charge is 2.31. The van der Waals surface area contributed by atoms with Gasteiger partial charge in [0.15, 0.2) is 6.61 Å². The zero-order chi connectivity index (χ0) is 27.8. The highest BCUT2D eigenvalue weighted by atomic mass is 79.9. The molecule has 0 saturated carbocycles. The second kappa shape index (κ2) is 14.0. The zero-order valence-corrected chi connectivity index (χ0v) is 25.1. The molecule has 0 heterocycles. The number of benzene rings is 3. The van der Waals surface area contributed by atoms with Crippen molar-refractivity contribution in [2.75, 3.05) is 6.61 Å². The van der Waals surface area contributed by atoms with Gasteiger partial charge < -0.3 is 15.0 Å². The van der Waals surface area contributed by atoms with Gasteiger partial charge in [-0.25, -0.2) is 0 Å². The number of ether oxygens (including phenoxy) is 1. The second-order valence-corrected chi connectivity index (χ2v) is 11.4. The molecule has 5 nitrogen and oxygen atoms in total. The highest BCUT2D eigenvalue weighted by molar-refractivity contribution is 9.10. The van der Waals surface area contributed by atoms with Gasteiger partial charge >= 0.3 is 0 Å². The fraction of sp³-hybridized carbons (Fsp3) is 0.333. The Balaban J connectivity index is 1.93. The van der Waals surface area contributed by atoms with E-state index < -0.39 is 6.04 Å². The lowest BCUT2D eigenvalue weighted by Crippen LogP contribution is -2.52. The third kappa shape index (κ3) is 8.48. The Hall–Kier alpha value is -2.54. The van der Waals surface area contributed by atoms with Crippen LogP contribution in [0.15, 0.2) is 71.2 Å². The minimum absolute atomic E-state index is 0.0885. The molecular weight excluding hydrogens is 587 g/mol. The minimum atomic E-state index is -0.767. The largest absolute Gasteiger partial charge is 0.483 e. The number of nitrogens with zero attached hydrogens (tertiary/aromatic N) is 1. The maximum atomic E-state index is 13.7. The van der Waals surface area contributed by atoms with Crippen molar-refractivity contribution in [1.29, 1.82) is 0 Å². The summed E-state index contributed by atoms with van der Waals surface area (Å²) < 4.78 is 6.71. The smallest absolute Gasteiger partial charge is 0.261 e. The molecule has 38 heavy (non-hydrogen) atoms. The van der Waals surface area contributed by atoms with Crippen LogP contribution in [-0.2, 0) is 22.6 Å². The summed E-state index contributed by atoms with van der Waals surface area (Å²) in [5, 5.41) is 3.78. The standard InChI is InChI=1S/C30H33BrCl2N2O3/c1-19(2)23-11-13-28(24(31)16-23)38-18-29(36)35(17-22-10-12-25(32)26(33)14-22)27(30(37)34-20(3)4)15-21-8-6-5-7-9-21/h5-14,16,19-20,27H,15,17-18H2,1-4H3,(H,34,37)/t27-/m1/s1. The van der Waals surface area contributed by atoms with Crippen molar-refractivity contribution >= 4 is 50.9 Å². The predicted octanol–water partition coefficient (Wildman–Crippen LogP) is 7.42. The first kappa shape index (κ1) is 30.0. The number of carbonyl (C=O) groups is 2. The Morgan fingerprint density at radius 2 is 1.63 bits per heavy atom. The molecule has 0 fully saturated rings. The number of amides is 2. The molecule has 3 rings (SSSR count). The molecule has 1 N–H and O–H groups in total. The van der Waals surface area contributed by atoms with Crippen LogP contribution in [0, 0.1) is 0 Å². The molecule has 0 bridgehead atoms. The van der Waals surface area contributed by atoms with Crippen LogP contribution < -0.4 is 10.1 Å². The van der Waals surface area contributed by atoms with Gasteiger partial charge in [-0.3, -0.25) is 9.59 Å². The Kier molecular flexibility index (Phi) is 11.1. The lowest BCUT2D eigenvalue weighted by atomic mass is 10.0. The Labute approximate surface area is 243 Å². The predicted molar refractivity (Wildman–Crippen MR) is 158 cm³/mol. The zero-order valence-electron chi connectivity index (χ0n) is 22.0. The first-order chi connectivity index (χ1) is 18.0. The molecule has 2 amide bonds. The molecule has 202 valence electrons. The summed E-state index contributed by atoms with van der Waals surface area (Å²) in [7, 11) is 0. The molecule has 0 aliphatic heterocycles. The summed E-state index contributed by atoms with van der Waals surface area (Å²) in [5.41, 5.74) is 2.85. The van der Waals surface area contributed by atoms with E-state index in [0.717, 1.165) is 21.2 Å². The van der Waals surface area contributed by atoms with Crippen molar-refractivity contribution in [3.8, 4) is 5.75 Å². The molecule has 8 heteroatoms. The Bertz CT molecular complexity index is 1250. The monoisotopic (exact) mass is 618 g/mol. The van der Waals surface area contributed by atoms with Gasteiger partial charge in [-0.1, -0.05) is 79.5 Å². The number of hydrogen-bond donors (Lipinski definition) is 1. The van der Waals surface area contributed by atoms with E-state index in [9.17, 15) is 9.59 Å². The number of carbonyl (C=O) groups excluding carboxylic acids is 2. The van der Waals surface area contributed by atoms with Crippen LogP contribution in [-0.4, -0.2) is 35.4 Å². The fourth-order valence-electron chi connectivity index (χ4n) is 3.99. The van der Waals surface area contributed by atoms with Crippen LogP contribution in [0.25, 0.3) is 0 Å². The van der Waals surface area contributed by atoms with Crippen molar-refractivity contribution in [2.24, 2.45) is 0 Å². The van der Waals surface area contributed by atoms with Gasteiger partial charge in [-0.05, 0) is 76.7 Å². The molecule has 0 aliphatic carbocycles. The van der Waals surface area contributed by atoms with Crippen molar-refractivity contribution in [2.45, 2.75) is 58.7 Å². The van der Waals surface area contributed by atoms with E-state index in [-0.39, 0.29) is 31.0 Å². The maximum absolute atomic E-state index is 13.7. The Morgan fingerprint density at radius 3 is 2.24 bits per heavy atom. The van der Waals surface area contributed by atoms with E-state index in [2.05, 4.69) is 35.1 Å². The second-order valence-electron chi connectivity index (χ2n) is 9.77. The molecule has 0 saturated heterocycles. The summed E-state index contributed by atoms with van der Waals surface area (Å²) >= 11 is 15.9. The first-order valence-electron chi connectivity index (χ1n) is 12.5. The van der Waals surface area contributed by atoms with Crippen LogP contribution in [0.1, 0.15) is 50.3 Å². The summed E-state index contributed by atoms with van der Waals surface area (Å²) in [5.74, 6) is 0.362. The summed E-state index contributed by atoms with van der Waals surface area (Å²) in [4.78, 5) is 28.7. The number of rotatable bonds is 11. The van der Waals surface area contributed by atoms with Gasteiger partial charge in [-0.2, -0.15) is 0 Å². The quantitative estimate of drug-likeness (QED) is 0.243. The normalized spacial score (nSPS) is 11.9. The van der Waals surface area contributed by atoms with E-state index >= 15 is 0 Å². The van der Waals surface area contributed by atoms with Gasteiger partial charge in [0.1, 0.15) is 11.8 Å². The average molecular weight is 620 g/mol. The van der Waals surface area contributed by atoms with E-state index in [1.807, 2.05) is 62.4 Å². The van der Waals surface area contributed by atoms with Crippen molar-refractivity contribution in [3.05, 3.63) is 97.9 Å². The summed E-state index contributed by atoms with van der Waals surface area (Å²) in [6, 6.07) is 19.8. The lowest BCUT2D eigenvalue weighted by molar-refractivity contribution is -0.143. The molecule has 0 unspecified atom stereocenters. The van der Waals surface area contributed by atoms with Crippen molar-refractivity contribution in [1.82, 2.24) is 10.2 Å². The molecule has 0 aromatic heterocycles. The van der Waals surface area contributed by atoms with Gasteiger partial charge in [-0.15, -0.1) is 0 Å². The van der Waals surface area contributed by atoms with Crippen LogP contribution in [0.4, 0.5) is 0 Å². The van der Waals surface area contributed by atoms with Crippen LogP contribution in [0.2, 0.25) is 10.0 Å². The maximum Gasteiger partial charge on any atom is 0.261 e. The first-order valence-corrected chi connectivity index (χ1v) is 14.1. The molecule has 0 aliphatic rings. The lowest BCUT2D eigenvalue weighted by Gasteiger charge is -2.32. The molecule has 3 aromatic rings. The van der Waals surface area contributed by atoms with Crippen LogP contribution in [0.3, 0.4) is 0 Å². The van der Waals surface area contributed by atoms with Gasteiger partial charge in [0.05, 0.1) is 14.5 Å².